The first kappa shape index (κ1) is 13.5. The molecule has 0 spiro atoms. The molecule has 3 N–H and O–H groups in total. The Balaban J connectivity index is 2.28. The molecule has 0 radical (unpaired) electrons. The third-order valence-corrected chi connectivity index (χ3v) is 3.38. The first-order valence-electron chi connectivity index (χ1n) is 5.60. The summed E-state index contributed by atoms with van der Waals surface area (Å²) in [5, 5.41) is 2.64. The lowest BCUT2D eigenvalue weighted by Gasteiger charge is -2.09. The summed E-state index contributed by atoms with van der Waals surface area (Å²) in [6.07, 6.45) is 0. The van der Waals surface area contributed by atoms with Crippen LogP contribution in [0.3, 0.4) is 0 Å². The first-order valence-corrected chi connectivity index (χ1v) is 6.40. The number of nitrogens with one attached hydrogen (secondary N) is 1. The number of carbonyl (C=O) groups is 1. The average Bonchev–Trinajstić information content (AvgIpc) is 2.33. The van der Waals surface area contributed by atoms with Crippen LogP contribution in [0.1, 0.15) is 15.9 Å². The van der Waals surface area contributed by atoms with Crippen molar-refractivity contribution >= 4 is 33.2 Å². The lowest BCUT2D eigenvalue weighted by Crippen LogP contribution is -2.14. The molecule has 0 aromatic heterocycles. The zero-order valence-electron chi connectivity index (χ0n) is 10.2. The highest BCUT2D eigenvalue weighted by Gasteiger charge is 2.15. The molecule has 98 valence electrons. The number of anilines is 2. The molecule has 2 aromatic rings. The van der Waals surface area contributed by atoms with E-state index in [1.807, 2.05) is 6.92 Å². The third kappa shape index (κ3) is 2.93. The molecule has 5 heteroatoms. The Kier molecular flexibility index (Phi) is 3.85. The minimum atomic E-state index is -0.570. The zero-order chi connectivity index (χ0) is 14.0. The lowest BCUT2D eigenvalue weighted by atomic mass is 10.1. The predicted molar refractivity (Wildman–Crippen MR) is 77.6 cm³/mol. The number of nitrogens with two attached hydrogens (primary N) is 1. The molecule has 0 unspecified atom stereocenters. The summed E-state index contributed by atoms with van der Waals surface area (Å²) in [5.74, 6) is -1.08. The van der Waals surface area contributed by atoms with Gasteiger partial charge in [-0.2, -0.15) is 0 Å². The van der Waals surface area contributed by atoms with Gasteiger partial charge in [0.25, 0.3) is 5.91 Å². The van der Waals surface area contributed by atoms with Crippen LogP contribution in [0.15, 0.2) is 40.9 Å². The fourth-order valence-electron chi connectivity index (χ4n) is 1.66. The Morgan fingerprint density at radius 3 is 2.68 bits per heavy atom. The van der Waals surface area contributed by atoms with Crippen molar-refractivity contribution in [2.45, 2.75) is 6.92 Å². The highest BCUT2D eigenvalue weighted by atomic mass is 79.9. The van der Waals surface area contributed by atoms with Gasteiger partial charge < -0.3 is 11.1 Å². The van der Waals surface area contributed by atoms with Crippen molar-refractivity contribution in [1.29, 1.82) is 0 Å². The molecule has 0 saturated heterocycles. The van der Waals surface area contributed by atoms with Gasteiger partial charge in [-0.05, 0) is 58.7 Å². The van der Waals surface area contributed by atoms with Crippen LogP contribution in [-0.2, 0) is 0 Å². The number of rotatable bonds is 2. The Bertz CT molecular complexity index is 623. The maximum atomic E-state index is 13.6. The Morgan fingerprint density at radius 1 is 1.32 bits per heavy atom. The van der Waals surface area contributed by atoms with Crippen molar-refractivity contribution in [1.82, 2.24) is 0 Å². The Labute approximate surface area is 118 Å². The van der Waals surface area contributed by atoms with Crippen LogP contribution in [0.2, 0.25) is 0 Å². The first-order chi connectivity index (χ1) is 8.99. The molecular formula is C14H12BrFN2O. The Hall–Kier alpha value is -1.88. The molecule has 19 heavy (non-hydrogen) atoms. The molecule has 1 amide bonds. The van der Waals surface area contributed by atoms with Crippen molar-refractivity contribution in [3.8, 4) is 0 Å². The highest BCUT2D eigenvalue weighted by molar-refractivity contribution is 9.10. The molecule has 0 aliphatic carbocycles. The zero-order valence-corrected chi connectivity index (χ0v) is 11.8. The van der Waals surface area contributed by atoms with Gasteiger partial charge in [0.2, 0.25) is 0 Å². The van der Waals surface area contributed by atoms with E-state index >= 15 is 0 Å². The van der Waals surface area contributed by atoms with E-state index in [4.69, 9.17) is 5.73 Å². The second-order valence-corrected chi connectivity index (χ2v) is 4.98. The standard InChI is InChI=1S/C14H12BrFN2O/c1-8-7-9(5-6-12(8)17)18-14(19)13-10(15)3-2-4-11(13)16/h2-7H,17H2,1H3,(H,18,19). The minimum absolute atomic E-state index is 0.0167. The van der Waals surface area contributed by atoms with Crippen LogP contribution in [0.25, 0.3) is 0 Å². The summed E-state index contributed by atoms with van der Waals surface area (Å²) in [6, 6.07) is 9.50. The number of amides is 1. The van der Waals surface area contributed by atoms with Gasteiger partial charge in [0.1, 0.15) is 5.82 Å². The van der Waals surface area contributed by atoms with Gasteiger partial charge in [0, 0.05) is 15.8 Å². The molecule has 0 saturated carbocycles. The summed E-state index contributed by atoms with van der Waals surface area (Å²) < 4.78 is 14.1. The SMILES string of the molecule is Cc1cc(NC(=O)c2c(F)cccc2Br)ccc1N. The molecule has 0 aliphatic heterocycles. The van der Waals surface area contributed by atoms with E-state index in [1.54, 1.807) is 24.3 Å². The monoisotopic (exact) mass is 322 g/mol. The number of nitrogen functional groups attached to an aromatic ring is 1. The van der Waals surface area contributed by atoms with Crippen molar-refractivity contribution in [2.24, 2.45) is 0 Å². The van der Waals surface area contributed by atoms with Crippen LogP contribution >= 0.6 is 15.9 Å². The number of halogens is 2. The van der Waals surface area contributed by atoms with Gasteiger partial charge >= 0.3 is 0 Å². The molecule has 0 atom stereocenters. The molecule has 0 bridgehead atoms. The van der Waals surface area contributed by atoms with Crippen molar-refractivity contribution in [3.05, 3.63) is 57.8 Å². The summed E-state index contributed by atoms with van der Waals surface area (Å²) in [6.45, 7) is 1.84. The van der Waals surface area contributed by atoms with Gasteiger partial charge in [-0.1, -0.05) is 6.07 Å². The van der Waals surface area contributed by atoms with E-state index in [0.29, 0.717) is 15.8 Å². The van der Waals surface area contributed by atoms with E-state index < -0.39 is 11.7 Å². The maximum absolute atomic E-state index is 13.6. The summed E-state index contributed by atoms with van der Waals surface area (Å²) in [4.78, 5) is 12.0. The number of benzene rings is 2. The normalized spacial score (nSPS) is 10.3. The van der Waals surface area contributed by atoms with E-state index in [0.717, 1.165) is 5.56 Å². The van der Waals surface area contributed by atoms with Gasteiger partial charge in [0.05, 0.1) is 5.56 Å². The second kappa shape index (κ2) is 5.40. The fourth-order valence-corrected chi connectivity index (χ4v) is 2.18. The van der Waals surface area contributed by atoms with E-state index in [-0.39, 0.29) is 5.56 Å². The number of carbonyl (C=O) groups excluding carboxylic acids is 1. The minimum Gasteiger partial charge on any atom is -0.399 e. The highest BCUT2D eigenvalue weighted by Crippen LogP contribution is 2.22. The molecule has 2 aromatic carbocycles. The Morgan fingerprint density at radius 2 is 2.05 bits per heavy atom. The van der Waals surface area contributed by atoms with Crippen LogP contribution in [-0.4, -0.2) is 5.91 Å². The van der Waals surface area contributed by atoms with Gasteiger partial charge in [-0.3, -0.25) is 4.79 Å². The smallest absolute Gasteiger partial charge is 0.259 e. The fraction of sp³-hybridized carbons (Fsp3) is 0.0714. The summed E-state index contributed by atoms with van der Waals surface area (Å²) in [7, 11) is 0. The molecule has 0 heterocycles. The average molecular weight is 323 g/mol. The van der Waals surface area contributed by atoms with Gasteiger partial charge in [-0.25, -0.2) is 4.39 Å². The molecule has 0 fully saturated rings. The largest absolute Gasteiger partial charge is 0.399 e. The maximum Gasteiger partial charge on any atom is 0.259 e. The van der Waals surface area contributed by atoms with Gasteiger partial charge in [0.15, 0.2) is 0 Å². The van der Waals surface area contributed by atoms with E-state index in [9.17, 15) is 9.18 Å². The quantitative estimate of drug-likeness (QED) is 0.828. The van der Waals surface area contributed by atoms with Crippen LogP contribution in [0.5, 0.6) is 0 Å². The molecule has 3 nitrogen and oxygen atoms in total. The molecule has 2 rings (SSSR count). The number of hydrogen-bond acceptors (Lipinski definition) is 2. The summed E-state index contributed by atoms with van der Waals surface area (Å²) in [5.41, 5.74) is 7.75. The summed E-state index contributed by atoms with van der Waals surface area (Å²) >= 11 is 3.17. The van der Waals surface area contributed by atoms with Crippen LogP contribution < -0.4 is 11.1 Å². The van der Waals surface area contributed by atoms with E-state index in [1.165, 1.54) is 12.1 Å². The second-order valence-electron chi connectivity index (χ2n) is 4.12. The van der Waals surface area contributed by atoms with Crippen LogP contribution in [0, 0.1) is 12.7 Å². The van der Waals surface area contributed by atoms with Crippen molar-refractivity contribution in [3.63, 3.8) is 0 Å². The number of aryl methyl sites for hydroxylation is 1. The lowest BCUT2D eigenvalue weighted by molar-refractivity contribution is 0.102. The van der Waals surface area contributed by atoms with Crippen LogP contribution in [0.4, 0.5) is 15.8 Å². The number of hydrogen-bond donors (Lipinski definition) is 2. The van der Waals surface area contributed by atoms with Crippen molar-refractivity contribution in [2.75, 3.05) is 11.1 Å². The topological polar surface area (TPSA) is 55.1 Å². The van der Waals surface area contributed by atoms with E-state index in [2.05, 4.69) is 21.2 Å². The molecular weight excluding hydrogens is 311 g/mol. The molecule has 0 aliphatic rings. The third-order valence-electron chi connectivity index (χ3n) is 2.72. The van der Waals surface area contributed by atoms with Gasteiger partial charge in [-0.15, -0.1) is 0 Å². The van der Waals surface area contributed by atoms with Crippen molar-refractivity contribution < 1.29 is 9.18 Å². The predicted octanol–water partition coefficient (Wildman–Crippen LogP) is 3.73.